The number of H-pyrrole nitrogens is 1. The van der Waals surface area contributed by atoms with Crippen LogP contribution >= 0.6 is 0 Å². The summed E-state index contributed by atoms with van der Waals surface area (Å²) in [6.07, 6.45) is 3.01. The van der Waals surface area contributed by atoms with Gasteiger partial charge in [0.15, 0.2) is 0 Å². The van der Waals surface area contributed by atoms with Crippen LogP contribution in [0.1, 0.15) is 70.6 Å². The second-order valence-corrected chi connectivity index (χ2v) is 7.37. The number of aromatic nitrogens is 1. The summed E-state index contributed by atoms with van der Waals surface area (Å²) >= 11 is 0. The van der Waals surface area contributed by atoms with Gasteiger partial charge in [-0.15, -0.1) is 0 Å². The Morgan fingerprint density at radius 1 is 1.36 bits per heavy atom. The second kappa shape index (κ2) is 6.31. The molecule has 0 aromatic carbocycles. The van der Waals surface area contributed by atoms with Crippen molar-refractivity contribution in [3.63, 3.8) is 0 Å². The average molecular weight is 310 g/mol. The lowest BCUT2D eigenvalue weighted by atomic mass is 9.92. The highest BCUT2D eigenvalue weighted by atomic mass is 19.1. The van der Waals surface area contributed by atoms with Gasteiger partial charge in [-0.05, 0) is 39.5 Å². The molecule has 124 valence electrons. The summed E-state index contributed by atoms with van der Waals surface area (Å²) in [6, 6.07) is 0. The molecule has 4 nitrogen and oxygen atoms in total. The minimum atomic E-state index is -0.480. The maximum Gasteiger partial charge on any atom is 0.410 e. The lowest BCUT2D eigenvalue weighted by molar-refractivity contribution is 0.0203. The predicted octanol–water partition coefficient (Wildman–Crippen LogP) is 4.39. The van der Waals surface area contributed by atoms with E-state index in [4.69, 9.17) is 4.74 Å². The maximum atomic E-state index is 14.4. The van der Waals surface area contributed by atoms with Gasteiger partial charge in [0.1, 0.15) is 11.4 Å². The zero-order chi connectivity index (χ0) is 16.5. The van der Waals surface area contributed by atoms with Crippen molar-refractivity contribution in [2.75, 3.05) is 13.1 Å². The van der Waals surface area contributed by atoms with Gasteiger partial charge in [0, 0.05) is 30.8 Å². The number of hydrogen-bond donors (Lipinski definition) is 1. The number of nitrogens with one attached hydrogen (secondary N) is 1. The average Bonchev–Trinajstić information content (AvgIpc) is 2.79. The molecule has 1 saturated heterocycles. The summed E-state index contributed by atoms with van der Waals surface area (Å²) in [5.41, 5.74) is 0.947. The molecule has 1 aliphatic rings. The molecule has 2 rings (SSSR count). The number of amides is 1. The van der Waals surface area contributed by atoms with Crippen LogP contribution in [0.5, 0.6) is 0 Å². The van der Waals surface area contributed by atoms with Crippen molar-refractivity contribution in [3.8, 4) is 0 Å². The molecule has 1 aromatic heterocycles. The maximum absolute atomic E-state index is 14.4. The Morgan fingerprint density at radius 3 is 2.41 bits per heavy atom. The molecule has 0 saturated carbocycles. The van der Waals surface area contributed by atoms with Gasteiger partial charge in [-0.1, -0.05) is 13.8 Å². The normalized spacial score (nSPS) is 17.1. The number of rotatable bonds is 2. The van der Waals surface area contributed by atoms with E-state index in [0.29, 0.717) is 18.8 Å². The van der Waals surface area contributed by atoms with Crippen LogP contribution in [0.25, 0.3) is 0 Å². The van der Waals surface area contributed by atoms with Crippen LogP contribution in [0.3, 0.4) is 0 Å². The molecule has 0 unspecified atom stereocenters. The van der Waals surface area contributed by atoms with E-state index in [2.05, 4.69) is 4.98 Å². The molecule has 0 spiro atoms. The van der Waals surface area contributed by atoms with E-state index < -0.39 is 5.60 Å². The number of nitrogens with zero attached hydrogens (tertiary/aromatic N) is 1. The van der Waals surface area contributed by atoms with Crippen molar-refractivity contribution < 1.29 is 13.9 Å². The summed E-state index contributed by atoms with van der Waals surface area (Å²) in [5.74, 6) is 0.212. The number of carbonyl (C=O) groups is 1. The highest BCUT2D eigenvalue weighted by Crippen LogP contribution is 2.32. The molecule has 1 amide bonds. The molecule has 1 fully saturated rings. The van der Waals surface area contributed by atoms with Crippen LogP contribution in [0, 0.1) is 5.82 Å². The lowest BCUT2D eigenvalue weighted by Gasteiger charge is -2.33. The second-order valence-electron chi connectivity index (χ2n) is 7.37. The van der Waals surface area contributed by atoms with E-state index in [9.17, 15) is 9.18 Å². The van der Waals surface area contributed by atoms with E-state index in [-0.39, 0.29) is 23.7 Å². The van der Waals surface area contributed by atoms with Gasteiger partial charge in [0.05, 0.1) is 5.69 Å². The van der Waals surface area contributed by atoms with Crippen molar-refractivity contribution in [2.24, 2.45) is 0 Å². The van der Waals surface area contributed by atoms with Crippen molar-refractivity contribution in [1.29, 1.82) is 0 Å². The largest absolute Gasteiger partial charge is 0.444 e. The molecule has 5 heteroatoms. The van der Waals surface area contributed by atoms with Crippen LogP contribution < -0.4 is 0 Å². The molecular weight excluding hydrogens is 283 g/mol. The predicted molar refractivity (Wildman–Crippen MR) is 84.6 cm³/mol. The summed E-state index contributed by atoms with van der Waals surface area (Å²) in [7, 11) is 0. The molecule has 1 N–H and O–H groups in total. The minimum absolute atomic E-state index is 0.106. The van der Waals surface area contributed by atoms with E-state index in [1.165, 1.54) is 0 Å². The highest BCUT2D eigenvalue weighted by molar-refractivity contribution is 5.68. The highest BCUT2D eigenvalue weighted by Gasteiger charge is 2.30. The number of ether oxygens (including phenoxy) is 1. The lowest BCUT2D eigenvalue weighted by Crippen LogP contribution is -2.41. The van der Waals surface area contributed by atoms with Gasteiger partial charge in [-0.3, -0.25) is 0 Å². The van der Waals surface area contributed by atoms with E-state index >= 15 is 0 Å². The Bertz CT molecular complexity index is 523. The van der Waals surface area contributed by atoms with Gasteiger partial charge < -0.3 is 14.6 Å². The van der Waals surface area contributed by atoms with E-state index in [0.717, 1.165) is 18.4 Å². The Labute approximate surface area is 132 Å². The summed E-state index contributed by atoms with van der Waals surface area (Å²) in [6.45, 7) is 10.8. The third kappa shape index (κ3) is 3.81. The minimum Gasteiger partial charge on any atom is -0.444 e. The fourth-order valence-electron chi connectivity index (χ4n) is 2.83. The van der Waals surface area contributed by atoms with Crippen LogP contribution in [0.4, 0.5) is 9.18 Å². The molecule has 2 heterocycles. The number of piperidine rings is 1. The molecule has 22 heavy (non-hydrogen) atoms. The molecular formula is C17H27FN2O2. The molecule has 1 aliphatic heterocycles. The number of carbonyl (C=O) groups excluding carboxylic acids is 1. The Balaban J connectivity index is 1.96. The van der Waals surface area contributed by atoms with Crippen LogP contribution in [0.15, 0.2) is 6.20 Å². The first-order valence-electron chi connectivity index (χ1n) is 8.03. The molecule has 0 bridgehead atoms. The fraction of sp³-hybridized carbons (Fsp3) is 0.706. The van der Waals surface area contributed by atoms with Gasteiger partial charge in [0.2, 0.25) is 0 Å². The number of halogens is 1. The van der Waals surface area contributed by atoms with Crippen molar-refractivity contribution in [1.82, 2.24) is 9.88 Å². The first kappa shape index (κ1) is 16.8. The fourth-order valence-corrected chi connectivity index (χ4v) is 2.83. The third-order valence-electron chi connectivity index (χ3n) is 4.05. The summed E-state index contributed by atoms with van der Waals surface area (Å²) in [4.78, 5) is 16.9. The zero-order valence-corrected chi connectivity index (χ0v) is 14.2. The Morgan fingerprint density at radius 2 is 1.95 bits per heavy atom. The molecule has 0 atom stereocenters. The van der Waals surface area contributed by atoms with Crippen molar-refractivity contribution in [3.05, 3.63) is 23.3 Å². The first-order valence-corrected chi connectivity index (χ1v) is 8.03. The van der Waals surface area contributed by atoms with Gasteiger partial charge in [-0.25, -0.2) is 9.18 Å². The quantitative estimate of drug-likeness (QED) is 0.880. The number of hydrogen-bond acceptors (Lipinski definition) is 2. The van der Waals surface area contributed by atoms with E-state index in [1.807, 2.05) is 34.6 Å². The smallest absolute Gasteiger partial charge is 0.410 e. The molecule has 0 radical (unpaired) electrons. The van der Waals surface area contributed by atoms with Crippen LogP contribution in [-0.2, 0) is 4.74 Å². The van der Waals surface area contributed by atoms with Gasteiger partial charge >= 0.3 is 6.09 Å². The van der Waals surface area contributed by atoms with Gasteiger partial charge in [0.25, 0.3) is 0 Å². The summed E-state index contributed by atoms with van der Waals surface area (Å²) < 4.78 is 19.8. The Hall–Kier alpha value is -1.52. The van der Waals surface area contributed by atoms with Crippen molar-refractivity contribution in [2.45, 2.75) is 64.9 Å². The van der Waals surface area contributed by atoms with E-state index in [1.54, 1.807) is 11.1 Å². The topological polar surface area (TPSA) is 45.3 Å². The number of aromatic amines is 1. The van der Waals surface area contributed by atoms with Crippen molar-refractivity contribution >= 4 is 6.09 Å². The van der Waals surface area contributed by atoms with Crippen LogP contribution in [0.2, 0.25) is 0 Å². The molecule has 1 aromatic rings. The first-order chi connectivity index (χ1) is 10.2. The summed E-state index contributed by atoms with van der Waals surface area (Å²) in [5, 5.41) is 0. The SMILES string of the molecule is CC(C)c1c[nH]c(C2CCN(C(=O)OC(C)(C)C)CC2)c1F. The monoisotopic (exact) mass is 310 g/mol. The van der Waals surface area contributed by atoms with Crippen LogP contribution in [-0.4, -0.2) is 34.7 Å². The molecule has 0 aliphatic carbocycles. The zero-order valence-electron chi connectivity index (χ0n) is 14.2. The van der Waals surface area contributed by atoms with Gasteiger partial charge in [-0.2, -0.15) is 0 Å². The Kier molecular flexibility index (Phi) is 4.83. The third-order valence-corrected chi connectivity index (χ3v) is 4.05. The standard InChI is InChI=1S/C17H27FN2O2/c1-11(2)13-10-19-15(14(13)18)12-6-8-20(9-7-12)16(21)22-17(3,4)5/h10-12,19H,6-9H2,1-5H3. The number of likely N-dealkylation sites (tertiary alicyclic amines) is 1.